The normalized spacial score (nSPS) is 11.6. The molecule has 0 aliphatic carbocycles. The lowest BCUT2D eigenvalue weighted by Gasteiger charge is -2.17. The molecule has 0 heterocycles. The molecule has 0 bridgehead atoms. The molecular weight excluding hydrogens is 438 g/mol. The van der Waals surface area contributed by atoms with E-state index >= 15 is 0 Å². The van der Waals surface area contributed by atoms with Gasteiger partial charge in [-0.25, -0.2) is 0 Å². The molecule has 1 unspecified atom stereocenters. The molecule has 0 radical (unpaired) electrons. The Morgan fingerprint density at radius 1 is 1.06 bits per heavy atom. The second kappa shape index (κ2) is 12.1. The Hall–Kier alpha value is -4.00. The first-order valence-corrected chi connectivity index (χ1v) is 9.76. The van der Waals surface area contributed by atoms with Gasteiger partial charge in [-0.05, 0) is 48.4 Å². The maximum atomic E-state index is 12.5. The van der Waals surface area contributed by atoms with Crippen LogP contribution in [0.25, 0.3) is 6.08 Å². The molecule has 0 saturated heterocycles. The molecule has 0 aromatic heterocycles. The molecule has 0 saturated carbocycles. The van der Waals surface area contributed by atoms with Crippen molar-refractivity contribution in [2.75, 3.05) is 27.9 Å². The Morgan fingerprint density at radius 3 is 2.24 bits per heavy atom. The van der Waals surface area contributed by atoms with Gasteiger partial charge in [-0.1, -0.05) is 6.07 Å². The number of amides is 1. The molecule has 0 aliphatic rings. The Labute approximate surface area is 190 Å². The Bertz CT molecular complexity index is 1010. The van der Waals surface area contributed by atoms with E-state index in [2.05, 4.69) is 10.1 Å². The van der Waals surface area contributed by atoms with E-state index in [1.54, 1.807) is 19.1 Å². The van der Waals surface area contributed by atoms with Crippen molar-refractivity contribution in [1.82, 2.24) is 5.32 Å². The quantitative estimate of drug-likeness (QED) is 0.502. The van der Waals surface area contributed by atoms with Crippen molar-refractivity contribution in [2.45, 2.75) is 19.6 Å². The maximum Gasteiger partial charge on any atom is 0.387 e. The third kappa shape index (κ3) is 6.74. The second-order valence-electron chi connectivity index (χ2n) is 6.38. The number of halogens is 2. The predicted molar refractivity (Wildman–Crippen MR) is 116 cm³/mol. The van der Waals surface area contributed by atoms with Crippen LogP contribution in [0, 0.1) is 11.3 Å². The van der Waals surface area contributed by atoms with Crippen molar-refractivity contribution in [1.29, 1.82) is 5.26 Å². The van der Waals surface area contributed by atoms with Gasteiger partial charge in [0, 0.05) is 6.08 Å². The molecule has 1 N–H and O–H groups in total. The highest BCUT2D eigenvalue weighted by Crippen LogP contribution is 2.39. The summed E-state index contributed by atoms with van der Waals surface area (Å²) in [5.74, 6) is 0.489. The van der Waals surface area contributed by atoms with Crippen molar-refractivity contribution >= 4 is 12.0 Å². The molecular formula is C23H24F2N2O6. The molecule has 1 atom stereocenters. The van der Waals surface area contributed by atoms with Crippen LogP contribution < -0.4 is 29.0 Å². The fourth-order valence-electron chi connectivity index (χ4n) is 2.91. The van der Waals surface area contributed by atoms with Crippen molar-refractivity contribution < 1.29 is 37.3 Å². The SMILES string of the molecule is CCOc1cc(/C=C/C(=O)NC(C#N)c2cc(OC)c(OC)c(OC)c2)ccc1OC(F)F. The number of rotatable bonds is 11. The highest BCUT2D eigenvalue weighted by atomic mass is 19.3. The summed E-state index contributed by atoms with van der Waals surface area (Å²) >= 11 is 0. The average Bonchev–Trinajstić information content (AvgIpc) is 2.81. The monoisotopic (exact) mass is 462 g/mol. The van der Waals surface area contributed by atoms with Crippen LogP contribution in [0.15, 0.2) is 36.4 Å². The average molecular weight is 462 g/mol. The Morgan fingerprint density at radius 2 is 1.73 bits per heavy atom. The number of carbonyl (C=O) groups excluding carboxylic acids is 1. The Kier molecular flexibility index (Phi) is 9.30. The third-order valence-electron chi connectivity index (χ3n) is 4.35. The number of benzene rings is 2. The minimum atomic E-state index is -2.99. The smallest absolute Gasteiger partial charge is 0.387 e. The van der Waals surface area contributed by atoms with E-state index in [1.165, 1.54) is 51.7 Å². The van der Waals surface area contributed by atoms with Crippen LogP contribution in [-0.4, -0.2) is 40.5 Å². The van der Waals surface area contributed by atoms with Crippen LogP contribution in [0.5, 0.6) is 28.7 Å². The highest BCUT2D eigenvalue weighted by Gasteiger charge is 2.19. The van der Waals surface area contributed by atoms with Crippen LogP contribution in [-0.2, 0) is 4.79 Å². The van der Waals surface area contributed by atoms with Gasteiger partial charge in [0.2, 0.25) is 11.7 Å². The summed E-state index contributed by atoms with van der Waals surface area (Å²) < 4.78 is 50.6. The van der Waals surface area contributed by atoms with Gasteiger partial charge in [-0.15, -0.1) is 0 Å². The lowest BCUT2D eigenvalue weighted by atomic mass is 10.1. The summed E-state index contributed by atoms with van der Waals surface area (Å²) in [5.41, 5.74) is 0.942. The summed E-state index contributed by atoms with van der Waals surface area (Å²) in [6, 6.07) is 8.42. The van der Waals surface area contributed by atoms with Crippen LogP contribution in [0.2, 0.25) is 0 Å². The number of methoxy groups -OCH3 is 3. The molecule has 33 heavy (non-hydrogen) atoms. The first-order valence-electron chi connectivity index (χ1n) is 9.76. The second-order valence-corrected chi connectivity index (χ2v) is 6.38. The molecule has 2 rings (SSSR count). The zero-order valence-electron chi connectivity index (χ0n) is 18.6. The number of nitrogens with one attached hydrogen (secondary N) is 1. The first kappa shape index (κ1) is 25.3. The molecule has 2 aromatic carbocycles. The fraction of sp³-hybridized carbons (Fsp3) is 0.304. The number of ether oxygens (including phenoxy) is 5. The van der Waals surface area contributed by atoms with Crippen molar-refractivity contribution in [3.8, 4) is 34.8 Å². The van der Waals surface area contributed by atoms with Gasteiger partial charge in [0.15, 0.2) is 23.0 Å². The summed E-state index contributed by atoms with van der Waals surface area (Å²) in [7, 11) is 4.34. The standard InChI is InChI=1S/C23H24F2N2O6/c1-5-32-18-10-14(6-8-17(18)33-23(24)25)7-9-21(28)27-16(13-26)15-11-19(29-2)22(31-4)20(12-15)30-3/h6-12,16,23H,5H2,1-4H3,(H,27,28)/b9-7+. The van der Waals surface area contributed by atoms with Crippen LogP contribution in [0.4, 0.5) is 8.78 Å². The van der Waals surface area contributed by atoms with Gasteiger partial charge in [0.1, 0.15) is 6.04 Å². The minimum absolute atomic E-state index is 0.111. The van der Waals surface area contributed by atoms with Crippen molar-refractivity contribution in [2.24, 2.45) is 0 Å². The largest absolute Gasteiger partial charge is 0.493 e. The Balaban J connectivity index is 2.20. The lowest BCUT2D eigenvalue weighted by molar-refractivity contribution is -0.116. The number of carbonyl (C=O) groups is 1. The minimum Gasteiger partial charge on any atom is -0.493 e. The number of alkyl halides is 2. The van der Waals surface area contributed by atoms with Gasteiger partial charge in [0.05, 0.1) is 34.0 Å². The topological polar surface area (TPSA) is 99.0 Å². The van der Waals surface area contributed by atoms with Gasteiger partial charge >= 0.3 is 6.61 Å². The summed E-state index contributed by atoms with van der Waals surface area (Å²) in [5, 5.41) is 12.1. The van der Waals surface area contributed by atoms with Gasteiger partial charge in [-0.2, -0.15) is 14.0 Å². The summed E-state index contributed by atoms with van der Waals surface area (Å²) in [6.45, 7) is -1.05. The van der Waals surface area contributed by atoms with E-state index in [4.69, 9.17) is 18.9 Å². The molecule has 2 aromatic rings. The molecule has 0 fully saturated rings. The number of nitriles is 1. The lowest BCUT2D eigenvalue weighted by Crippen LogP contribution is -2.25. The molecule has 0 spiro atoms. The zero-order chi connectivity index (χ0) is 24.4. The summed E-state index contributed by atoms with van der Waals surface area (Å²) in [6.07, 6.45) is 2.66. The van der Waals surface area contributed by atoms with E-state index in [9.17, 15) is 18.8 Å². The van der Waals surface area contributed by atoms with Gasteiger partial charge < -0.3 is 29.0 Å². The van der Waals surface area contributed by atoms with E-state index in [-0.39, 0.29) is 18.1 Å². The van der Waals surface area contributed by atoms with Gasteiger partial charge in [-0.3, -0.25) is 4.79 Å². The molecule has 10 heteroatoms. The number of nitrogens with zero attached hydrogens (tertiary/aromatic N) is 1. The zero-order valence-corrected chi connectivity index (χ0v) is 18.6. The van der Waals surface area contributed by atoms with E-state index < -0.39 is 18.6 Å². The molecule has 176 valence electrons. The fourth-order valence-corrected chi connectivity index (χ4v) is 2.91. The van der Waals surface area contributed by atoms with E-state index in [0.717, 1.165) is 0 Å². The number of hydrogen-bond donors (Lipinski definition) is 1. The summed E-state index contributed by atoms with van der Waals surface area (Å²) in [4.78, 5) is 12.4. The van der Waals surface area contributed by atoms with Crippen molar-refractivity contribution in [3.05, 3.63) is 47.5 Å². The predicted octanol–water partition coefficient (Wildman–Crippen LogP) is 4.11. The first-order chi connectivity index (χ1) is 15.9. The van der Waals surface area contributed by atoms with Gasteiger partial charge in [0.25, 0.3) is 0 Å². The van der Waals surface area contributed by atoms with E-state index in [1.807, 2.05) is 6.07 Å². The molecule has 8 nitrogen and oxygen atoms in total. The molecule has 1 amide bonds. The van der Waals surface area contributed by atoms with Crippen LogP contribution in [0.3, 0.4) is 0 Å². The maximum absolute atomic E-state index is 12.5. The highest BCUT2D eigenvalue weighted by molar-refractivity contribution is 5.92. The van der Waals surface area contributed by atoms with Crippen molar-refractivity contribution in [3.63, 3.8) is 0 Å². The van der Waals surface area contributed by atoms with E-state index in [0.29, 0.717) is 28.4 Å². The third-order valence-corrected chi connectivity index (χ3v) is 4.35. The van der Waals surface area contributed by atoms with Crippen LogP contribution >= 0.6 is 0 Å². The number of hydrogen-bond acceptors (Lipinski definition) is 7. The van der Waals surface area contributed by atoms with Crippen LogP contribution in [0.1, 0.15) is 24.1 Å². The molecule has 0 aliphatic heterocycles.